The molecule has 0 spiro atoms. The van der Waals surface area contributed by atoms with Gasteiger partial charge in [0.15, 0.2) is 0 Å². The third-order valence-corrected chi connectivity index (χ3v) is 5.32. The number of halogens is 3. The SMILES string of the molecule is CCCC(=O)Cc1cc(Nc2ccc(OC(F)(F)F)cc2)c(C(=O)Nc2ccc(CCC(=O)O)cc2)cn1. The van der Waals surface area contributed by atoms with Crippen molar-refractivity contribution in [1.82, 2.24) is 4.98 Å². The van der Waals surface area contributed by atoms with Gasteiger partial charge in [-0.05, 0) is 60.9 Å². The van der Waals surface area contributed by atoms with Crippen molar-refractivity contribution in [2.24, 2.45) is 0 Å². The average Bonchev–Trinajstić information content (AvgIpc) is 2.84. The van der Waals surface area contributed by atoms with Crippen LogP contribution in [0.2, 0.25) is 0 Å². The highest BCUT2D eigenvalue weighted by Crippen LogP contribution is 2.27. The Kier molecular flexibility index (Phi) is 9.42. The molecule has 0 aliphatic rings. The minimum atomic E-state index is -4.82. The Labute approximate surface area is 216 Å². The van der Waals surface area contributed by atoms with Gasteiger partial charge in [-0.2, -0.15) is 0 Å². The maximum Gasteiger partial charge on any atom is 0.573 e. The van der Waals surface area contributed by atoms with E-state index in [1.807, 2.05) is 6.92 Å². The predicted molar refractivity (Wildman–Crippen MR) is 135 cm³/mol. The number of carbonyl (C=O) groups is 3. The summed E-state index contributed by atoms with van der Waals surface area (Å²) in [5.41, 5.74) is 2.53. The maximum atomic E-state index is 13.1. The number of carboxylic acid groups (broad SMARTS) is 1. The fourth-order valence-corrected chi connectivity index (χ4v) is 3.55. The molecule has 2 aromatic carbocycles. The van der Waals surface area contributed by atoms with Crippen molar-refractivity contribution in [3.8, 4) is 5.75 Å². The summed E-state index contributed by atoms with van der Waals surface area (Å²) < 4.78 is 41.3. The van der Waals surface area contributed by atoms with E-state index >= 15 is 0 Å². The van der Waals surface area contributed by atoms with E-state index in [1.165, 1.54) is 18.3 Å². The van der Waals surface area contributed by atoms with E-state index in [4.69, 9.17) is 5.11 Å². The van der Waals surface area contributed by atoms with Crippen molar-refractivity contribution in [2.45, 2.75) is 45.4 Å². The summed E-state index contributed by atoms with van der Waals surface area (Å²) in [6, 6.07) is 13.3. The Bertz CT molecular complexity index is 1280. The number of rotatable bonds is 12. The molecule has 0 unspecified atom stereocenters. The summed E-state index contributed by atoms with van der Waals surface area (Å²) in [7, 11) is 0. The Morgan fingerprint density at radius 1 is 0.974 bits per heavy atom. The maximum absolute atomic E-state index is 13.1. The third-order valence-electron chi connectivity index (χ3n) is 5.32. The number of benzene rings is 2. The zero-order valence-electron chi connectivity index (χ0n) is 20.5. The fourth-order valence-electron chi connectivity index (χ4n) is 3.55. The van der Waals surface area contributed by atoms with Crippen LogP contribution in [0.3, 0.4) is 0 Å². The van der Waals surface area contributed by atoms with Crippen LogP contribution in [0.5, 0.6) is 5.75 Å². The first-order chi connectivity index (χ1) is 18.0. The van der Waals surface area contributed by atoms with Crippen LogP contribution in [-0.4, -0.2) is 34.1 Å². The molecule has 3 aromatic rings. The Morgan fingerprint density at radius 2 is 1.63 bits per heavy atom. The molecule has 1 aromatic heterocycles. The van der Waals surface area contributed by atoms with Gasteiger partial charge in [0.1, 0.15) is 11.5 Å². The van der Waals surface area contributed by atoms with E-state index in [1.54, 1.807) is 30.3 Å². The molecule has 8 nitrogen and oxygen atoms in total. The second-order valence-corrected chi connectivity index (χ2v) is 8.43. The second kappa shape index (κ2) is 12.7. The summed E-state index contributed by atoms with van der Waals surface area (Å²) in [4.78, 5) is 40.2. The lowest BCUT2D eigenvalue weighted by atomic mass is 10.1. The summed E-state index contributed by atoms with van der Waals surface area (Å²) in [5.74, 6) is -1.83. The Balaban J connectivity index is 1.82. The number of hydrogen-bond donors (Lipinski definition) is 3. The van der Waals surface area contributed by atoms with Crippen molar-refractivity contribution in [1.29, 1.82) is 0 Å². The van der Waals surface area contributed by atoms with Gasteiger partial charge in [-0.1, -0.05) is 19.1 Å². The van der Waals surface area contributed by atoms with E-state index in [-0.39, 0.29) is 24.2 Å². The molecule has 0 fully saturated rings. The molecule has 3 rings (SSSR count). The monoisotopic (exact) mass is 529 g/mol. The first-order valence-corrected chi connectivity index (χ1v) is 11.8. The van der Waals surface area contributed by atoms with E-state index in [0.29, 0.717) is 42.0 Å². The number of nitrogens with one attached hydrogen (secondary N) is 2. The zero-order valence-corrected chi connectivity index (χ0v) is 20.5. The van der Waals surface area contributed by atoms with Crippen molar-refractivity contribution in [3.63, 3.8) is 0 Å². The molecule has 0 bridgehead atoms. The molecule has 0 saturated heterocycles. The normalized spacial score (nSPS) is 11.1. The summed E-state index contributed by atoms with van der Waals surface area (Å²) >= 11 is 0. The largest absolute Gasteiger partial charge is 0.573 e. The number of amides is 1. The van der Waals surface area contributed by atoms with Crippen molar-refractivity contribution >= 4 is 34.7 Å². The first-order valence-electron chi connectivity index (χ1n) is 11.8. The molecule has 11 heteroatoms. The Morgan fingerprint density at radius 3 is 2.24 bits per heavy atom. The van der Waals surface area contributed by atoms with Gasteiger partial charge in [0.25, 0.3) is 5.91 Å². The summed E-state index contributed by atoms with van der Waals surface area (Å²) in [6.45, 7) is 1.89. The number of hydrogen-bond acceptors (Lipinski definition) is 6. The third kappa shape index (κ3) is 8.91. The number of nitrogens with zero attached hydrogens (tertiary/aromatic N) is 1. The van der Waals surface area contributed by atoms with Crippen LogP contribution in [0, 0.1) is 0 Å². The van der Waals surface area contributed by atoms with E-state index < -0.39 is 24.0 Å². The molecular formula is C27H26F3N3O5. The number of pyridine rings is 1. The van der Waals surface area contributed by atoms with Gasteiger partial charge in [-0.3, -0.25) is 19.4 Å². The molecule has 3 N–H and O–H groups in total. The lowest BCUT2D eigenvalue weighted by Crippen LogP contribution is -2.17. The second-order valence-electron chi connectivity index (χ2n) is 8.43. The van der Waals surface area contributed by atoms with Crippen LogP contribution in [0.15, 0.2) is 60.8 Å². The standard InChI is InChI=1S/C27H26F3N3O5/c1-2-3-21(34)14-20-15-24(32-18-9-11-22(12-10-18)38-27(28,29)30)23(16-31-20)26(37)33-19-7-4-17(5-8-19)6-13-25(35)36/h4-5,7-12,15-16H,2-3,6,13-14H2,1H3,(H,31,32)(H,33,37)(H,35,36). The molecule has 38 heavy (non-hydrogen) atoms. The Hall–Kier alpha value is -4.41. The zero-order chi connectivity index (χ0) is 27.7. The number of aliphatic carboxylic acids is 1. The minimum Gasteiger partial charge on any atom is -0.481 e. The number of alkyl halides is 3. The van der Waals surface area contributed by atoms with E-state index in [2.05, 4.69) is 20.4 Å². The van der Waals surface area contributed by atoms with Crippen molar-refractivity contribution in [3.05, 3.63) is 77.6 Å². The molecule has 0 atom stereocenters. The van der Waals surface area contributed by atoms with Gasteiger partial charge in [0, 0.05) is 42.5 Å². The van der Waals surface area contributed by atoms with E-state index in [0.717, 1.165) is 17.7 Å². The number of carbonyl (C=O) groups excluding carboxylic acids is 2. The quantitative estimate of drug-likeness (QED) is 0.267. The van der Waals surface area contributed by atoms with Gasteiger partial charge in [-0.25, -0.2) is 0 Å². The van der Waals surface area contributed by atoms with Crippen LogP contribution in [0.1, 0.15) is 47.8 Å². The molecule has 0 radical (unpaired) electrons. The fraction of sp³-hybridized carbons (Fsp3) is 0.259. The van der Waals surface area contributed by atoms with Gasteiger partial charge < -0.3 is 20.5 Å². The number of carboxylic acids is 1. The molecule has 0 saturated carbocycles. The van der Waals surface area contributed by atoms with Crippen LogP contribution in [-0.2, 0) is 22.4 Å². The first kappa shape index (κ1) is 28.2. The lowest BCUT2D eigenvalue weighted by molar-refractivity contribution is -0.274. The predicted octanol–water partition coefficient (Wildman–Crippen LogP) is 5.91. The highest BCUT2D eigenvalue weighted by Gasteiger charge is 2.31. The minimum absolute atomic E-state index is 0.0111. The molecular weight excluding hydrogens is 503 g/mol. The topological polar surface area (TPSA) is 118 Å². The number of ether oxygens (including phenoxy) is 1. The average molecular weight is 530 g/mol. The number of aryl methyl sites for hydroxylation is 1. The number of ketones is 1. The summed E-state index contributed by atoms with van der Waals surface area (Å²) in [6.07, 6.45) is -2.01. The molecule has 1 heterocycles. The molecule has 0 aliphatic carbocycles. The highest BCUT2D eigenvalue weighted by atomic mass is 19.4. The van der Waals surface area contributed by atoms with E-state index in [9.17, 15) is 27.6 Å². The van der Waals surface area contributed by atoms with Crippen molar-refractivity contribution in [2.75, 3.05) is 10.6 Å². The van der Waals surface area contributed by atoms with Crippen LogP contribution in [0.4, 0.5) is 30.2 Å². The number of aromatic nitrogens is 1. The molecule has 0 aliphatic heterocycles. The highest BCUT2D eigenvalue weighted by molar-refractivity contribution is 6.08. The van der Waals surface area contributed by atoms with Crippen LogP contribution in [0.25, 0.3) is 0 Å². The van der Waals surface area contributed by atoms with Gasteiger partial charge in [0.2, 0.25) is 0 Å². The van der Waals surface area contributed by atoms with Crippen LogP contribution < -0.4 is 15.4 Å². The summed E-state index contributed by atoms with van der Waals surface area (Å²) in [5, 5.41) is 14.6. The number of Topliss-reactive ketones (excluding diaryl/α,β-unsaturated/α-hetero) is 1. The smallest absolute Gasteiger partial charge is 0.481 e. The molecule has 200 valence electrons. The van der Waals surface area contributed by atoms with Crippen LogP contribution >= 0.6 is 0 Å². The van der Waals surface area contributed by atoms with Gasteiger partial charge in [0.05, 0.1) is 11.3 Å². The van der Waals surface area contributed by atoms with Crippen molar-refractivity contribution < 1.29 is 37.4 Å². The lowest BCUT2D eigenvalue weighted by Gasteiger charge is -2.15. The van der Waals surface area contributed by atoms with Gasteiger partial charge >= 0.3 is 12.3 Å². The molecule has 1 amide bonds. The number of anilines is 3. The van der Waals surface area contributed by atoms with Gasteiger partial charge in [-0.15, -0.1) is 13.2 Å².